The molecule has 0 bridgehead atoms. The number of phenolic OH excluding ortho intramolecular Hbond substituents is 1. The minimum atomic E-state index is -0.292. The van der Waals surface area contributed by atoms with Gasteiger partial charge in [-0.1, -0.05) is 27.7 Å². The highest BCUT2D eigenvalue weighted by Gasteiger charge is 2.15. The van der Waals surface area contributed by atoms with Crippen LogP contribution < -0.4 is 19.1 Å². The molecule has 6 aromatic carbocycles. The fourth-order valence-corrected chi connectivity index (χ4v) is 7.59. The number of hydrogen-bond acceptors (Lipinski definition) is 8. The molecule has 0 aliphatic heterocycles. The highest BCUT2D eigenvalue weighted by atomic mass is 19.1. The number of phenols is 1. The van der Waals surface area contributed by atoms with Gasteiger partial charge in [0.15, 0.2) is 0 Å². The third-order valence-corrected chi connectivity index (χ3v) is 11.2. The summed E-state index contributed by atoms with van der Waals surface area (Å²) in [5, 5.41) is 9.55. The first-order chi connectivity index (χ1) is 33.9. The van der Waals surface area contributed by atoms with Crippen molar-refractivity contribution in [3.8, 4) is 68.4 Å². The standard InChI is InChI=1S/C33H33FN4O2.C25H23FN2O2/c1-24(2)22-33-36-32(23-38(33)28-8-14-31(15-9-28)40-30-12-6-26(34)7-13-30)25-4-10-29(11-5-25)39-21-20-37(3)27-16-18-35-19-17-27;1-17(2)15-25-27-24(18-3-9-21(29)10-4-18)16-28(25)20-7-13-23(14-8-20)30-22-11-5-19(26)6-12-22/h4-19,23-24H,20-22H2,1-3H3;3-14,16-17,29H,15H2,1-2H3. The monoisotopic (exact) mass is 938 g/mol. The maximum atomic E-state index is 13.2. The zero-order valence-electron chi connectivity index (χ0n) is 39.9. The van der Waals surface area contributed by atoms with Gasteiger partial charge in [-0.2, -0.15) is 0 Å². The first kappa shape index (κ1) is 48.2. The fourth-order valence-electron chi connectivity index (χ4n) is 7.59. The quantitative estimate of drug-likeness (QED) is 0.0964. The summed E-state index contributed by atoms with van der Waals surface area (Å²) >= 11 is 0. The van der Waals surface area contributed by atoms with Gasteiger partial charge in [0.2, 0.25) is 0 Å². The number of likely N-dealkylation sites (N-methyl/N-ethyl adjacent to an activating group) is 1. The molecule has 70 heavy (non-hydrogen) atoms. The van der Waals surface area contributed by atoms with E-state index in [9.17, 15) is 13.9 Å². The molecular formula is C58H56F2N6O4. The van der Waals surface area contributed by atoms with Crippen molar-refractivity contribution >= 4 is 5.69 Å². The number of benzene rings is 6. The third kappa shape index (κ3) is 13.0. The molecule has 9 aromatic rings. The van der Waals surface area contributed by atoms with Crippen molar-refractivity contribution in [1.82, 2.24) is 24.1 Å². The van der Waals surface area contributed by atoms with Crippen LogP contribution in [0.15, 0.2) is 183 Å². The smallest absolute Gasteiger partial charge is 0.127 e. The number of aromatic hydroxyl groups is 1. The average Bonchev–Trinajstić information content (AvgIpc) is 3.98. The van der Waals surface area contributed by atoms with Crippen molar-refractivity contribution in [2.75, 3.05) is 25.1 Å². The van der Waals surface area contributed by atoms with Gasteiger partial charge >= 0.3 is 0 Å². The maximum Gasteiger partial charge on any atom is 0.127 e. The molecular weight excluding hydrogens is 883 g/mol. The SMILES string of the molecule is CC(C)Cc1nc(-c2ccc(O)cc2)cn1-c1ccc(Oc2ccc(F)cc2)cc1.CC(C)Cc1nc(-c2ccc(OCCN(C)c3ccncc3)cc2)cn1-c1ccc(Oc2ccc(F)cc2)cc1. The lowest BCUT2D eigenvalue weighted by Gasteiger charge is -2.19. The van der Waals surface area contributed by atoms with Gasteiger partial charge in [0.1, 0.15) is 64.4 Å². The van der Waals surface area contributed by atoms with Crippen LogP contribution in [0, 0.1) is 23.5 Å². The number of ether oxygens (including phenoxy) is 3. The Bertz CT molecular complexity index is 3030. The molecule has 0 radical (unpaired) electrons. The Morgan fingerprint density at radius 2 is 0.900 bits per heavy atom. The van der Waals surface area contributed by atoms with Gasteiger partial charge in [-0.15, -0.1) is 0 Å². The van der Waals surface area contributed by atoms with Crippen LogP contribution in [-0.4, -0.2) is 49.4 Å². The molecule has 0 spiro atoms. The Hall–Kier alpha value is -8.25. The Morgan fingerprint density at radius 1 is 0.514 bits per heavy atom. The number of anilines is 1. The summed E-state index contributed by atoms with van der Waals surface area (Å²) in [5.41, 5.74) is 6.84. The number of pyridine rings is 1. The van der Waals surface area contributed by atoms with E-state index in [0.717, 1.165) is 76.4 Å². The van der Waals surface area contributed by atoms with E-state index in [0.29, 0.717) is 41.4 Å². The van der Waals surface area contributed by atoms with E-state index < -0.39 is 0 Å². The molecule has 1 N–H and O–H groups in total. The molecule has 3 heterocycles. The van der Waals surface area contributed by atoms with E-state index in [1.807, 2.05) is 110 Å². The lowest BCUT2D eigenvalue weighted by Crippen LogP contribution is -2.23. The summed E-state index contributed by atoms with van der Waals surface area (Å²) in [7, 11) is 2.04. The molecule has 0 unspecified atom stereocenters. The van der Waals surface area contributed by atoms with E-state index in [1.165, 1.54) is 24.3 Å². The number of halogens is 2. The maximum absolute atomic E-state index is 13.2. The largest absolute Gasteiger partial charge is 0.508 e. The molecule has 12 heteroatoms. The second kappa shape index (κ2) is 22.7. The normalized spacial score (nSPS) is 11.0. The lowest BCUT2D eigenvalue weighted by atomic mass is 10.1. The zero-order chi connectivity index (χ0) is 49.0. The molecule has 0 amide bonds. The minimum absolute atomic E-state index is 0.234. The molecule has 0 saturated carbocycles. The van der Waals surface area contributed by atoms with E-state index in [4.69, 9.17) is 24.2 Å². The van der Waals surface area contributed by atoms with Crippen LogP contribution in [0.3, 0.4) is 0 Å². The number of imidazole rings is 2. The third-order valence-electron chi connectivity index (χ3n) is 11.2. The van der Waals surface area contributed by atoms with Crippen LogP contribution in [0.1, 0.15) is 39.3 Å². The summed E-state index contributed by atoms with van der Waals surface area (Å²) in [5.74, 6) is 5.90. The lowest BCUT2D eigenvalue weighted by molar-refractivity contribution is 0.326. The van der Waals surface area contributed by atoms with E-state index in [2.05, 4.69) is 52.9 Å². The molecule has 356 valence electrons. The molecule has 0 fully saturated rings. The Balaban J connectivity index is 0.000000196. The Morgan fingerprint density at radius 3 is 1.31 bits per heavy atom. The van der Waals surface area contributed by atoms with Gasteiger partial charge in [-0.3, -0.25) is 4.98 Å². The van der Waals surface area contributed by atoms with E-state index in [1.54, 1.807) is 48.8 Å². The second-order valence-corrected chi connectivity index (χ2v) is 17.7. The number of aromatic nitrogens is 5. The van der Waals surface area contributed by atoms with Gasteiger partial charge in [0.05, 0.1) is 17.9 Å². The van der Waals surface area contributed by atoms with Crippen molar-refractivity contribution in [3.05, 3.63) is 206 Å². The Kier molecular flexibility index (Phi) is 15.6. The van der Waals surface area contributed by atoms with E-state index in [-0.39, 0.29) is 17.4 Å². The van der Waals surface area contributed by atoms with Gasteiger partial charge < -0.3 is 33.4 Å². The number of nitrogens with zero attached hydrogens (tertiary/aromatic N) is 6. The van der Waals surface area contributed by atoms with E-state index >= 15 is 0 Å². The van der Waals surface area contributed by atoms with Crippen LogP contribution in [0.25, 0.3) is 33.9 Å². The predicted molar refractivity (Wildman–Crippen MR) is 273 cm³/mol. The molecule has 9 rings (SSSR count). The predicted octanol–water partition coefficient (Wildman–Crippen LogP) is 14.0. The average molecular weight is 939 g/mol. The highest BCUT2D eigenvalue weighted by Crippen LogP contribution is 2.30. The molecule has 0 aliphatic carbocycles. The Labute approximate surface area is 408 Å². The van der Waals surface area contributed by atoms with Gasteiger partial charge in [0.25, 0.3) is 0 Å². The van der Waals surface area contributed by atoms with Crippen molar-refractivity contribution in [2.24, 2.45) is 11.8 Å². The van der Waals surface area contributed by atoms with Gasteiger partial charge in [-0.25, -0.2) is 18.7 Å². The molecule has 3 aromatic heterocycles. The van der Waals surface area contributed by atoms with Crippen molar-refractivity contribution in [3.63, 3.8) is 0 Å². The van der Waals surface area contributed by atoms with Crippen molar-refractivity contribution in [1.29, 1.82) is 0 Å². The summed E-state index contributed by atoms with van der Waals surface area (Å²) in [6, 6.07) is 46.6. The zero-order valence-corrected chi connectivity index (χ0v) is 39.9. The summed E-state index contributed by atoms with van der Waals surface area (Å²) in [4.78, 5) is 16.0. The summed E-state index contributed by atoms with van der Waals surface area (Å²) in [6.07, 6.45) is 9.36. The van der Waals surface area contributed by atoms with Gasteiger partial charge in [0, 0.05) is 72.9 Å². The topological polar surface area (TPSA) is 99.7 Å². The summed E-state index contributed by atoms with van der Waals surface area (Å²) < 4.78 is 48.1. The highest BCUT2D eigenvalue weighted by molar-refractivity contribution is 5.62. The molecule has 0 atom stereocenters. The van der Waals surface area contributed by atoms with Crippen LogP contribution in [0.4, 0.5) is 14.5 Å². The number of hydrogen-bond donors (Lipinski definition) is 1. The van der Waals surface area contributed by atoms with Crippen LogP contribution in [0.5, 0.6) is 34.5 Å². The van der Waals surface area contributed by atoms with Crippen LogP contribution in [-0.2, 0) is 12.8 Å². The first-order valence-electron chi connectivity index (χ1n) is 23.3. The van der Waals surface area contributed by atoms with Crippen molar-refractivity contribution < 1.29 is 28.1 Å². The summed E-state index contributed by atoms with van der Waals surface area (Å²) in [6.45, 7) is 10.1. The minimum Gasteiger partial charge on any atom is -0.508 e. The van der Waals surface area contributed by atoms with Gasteiger partial charge in [-0.05, 0) is 170 Å². The first-order valence-corrected chi connectivity index (χ1v) is 23.3. The molecule has 0 saturated heterocycles. The van der Waals surface area contributed by atoms with Crippen LogP contribution >= 0.6 is 0 Å². The van der Waals surface area contributed by atoms with Crippen molar-refractivity contribution in [2.45, 2.75) is 40.5 Å². The second-order valence-electron chi connectivity index (χ2n) is 17.7. The fraction of sp³-hybridized carbons (Fsp3) is 0.190. The number of rotatable bonds is 17. The molecule has 0 aliphatic rings. The molecule has 10 nitrogen and oxygen atoms in total. The van der Waals surface area contributed by atoms with Crippen LogP contribution in [0.2, 0.25) is 0 Å².